The van der Waals surface area contributed by atoms with Crippen LogP contribution in [0.5, 0.6) is 0 Å². The zero-order chi connectivity index (χ0) is 11.0. The smallest absolute Gasteiger partial charge is 0.227 e. The Morgan fingerprint density at radius 2 is 2.27 bits per heavy atom. The molecule has 1 amide bonds. The van der Waals surface area contributed by atoms with Crippen LogP contribution in [0.1, 0.15) is 13.3 Å². The van der Waals surface area contributed by atoms with Crippen LogP contribution in [0.2, 0.25) is 0 Å². The largest absolute Gasteiger partial charge is 0.326 e. The number of amides is 1. The molecule has 0 aliphatic heterocycles. The standard InChI is InChI=1S/C11H11BrFNO/c1-6-4-8(6)11(15)14-7-2-3-9(12)10(13)5-7/h2-3,5-6,8H,4H2,1H3,(H,14,15). The Morgan fingerprint density at radius 3 is 2.80 bits per heavy atom. The third-order valence-corrected chi connectivity index (χ3v) is 3.28. The van der Waals surface area contributed by atoms with E-state index in [9.17, 15) is 9.18 Å². The van der Waals surface area contributed by atoms with Crippen LogP contribution in [0.15, 0.2) is 22.7 Å². The van der Waals surface area contributed by atoms with Crippen molar-refractivity contribution in [3.63, 3.8) is 0 Å². The molecule has 80 valence electrons. The van der Waals surface area contributed by atoms with E-state index in [1.807, 2.05) is 6.92 Å². The number of rotatable bonds is 2. The third-order valence-electron chi connectivity index (χ3n) is 2.63. The lowest BCUT2D eigenvalue weighted by Crippen LogP contribution is -2.14. The summed E-state index contributed by atoms with van der Waals surface area (Å²) >= 11 is 3.06. The summed E-state index contributed by atoms with van der Waals surface area (Å²) in [5, 5.41) is 2.70. The van der Waals surface area contributed by atoms with Crippen molar-refractivity contribution in [2.45, 2.75) is 13.3 Å². The zero-order valence-corrected chi connectivity index (χ0v) is 9.84. The predicted molar refractivity (Wildman–Crippen MR) is 60.0 cm³/mol. The third kappa shape index (κ3) is 2.37. The van der Waals surface area contributed by atoms with Crippen LogP contribution in [0.4, 0.5) is 10.1 Å². The van der Waals surface area contributed by atoms with Gasteiger partial charge in [0.1, 0.15) is 5.82 Å². The summed E-state index contributed by atoms with van der Waals surface area (Å²) in [7, 11) is 0. The highest BCUT2D eigenvalue weighted by atomic mass is 79.9. The molecule has 1 aromatic rings. The van der Waals surface area contributed by atoms with E-state index < -0.39 is 0 Å². The van der Waals surface area contributed by atoms with Crippen LogP contribution in [0.25, 0.3) is 0 Å². The summed E-state index contributed by atoms with van der Waals surface area (Å²) in [5.74, 6) is 0.197. The molecule has 2 unspecified atom stereocenters. The molecule has 1 aromatic carbocycles. The Labute approximate surface area is 96.0 Å². The molecule has 0 heterocycles. The first-order chi connectivity index (χ1) is 7.08. The fourth-order valence-corrected chi connectivity index (χ4v) is 1.74. The van der Waals surface area contributed by atoms with Crippen molar-refractivity contribution in [3.05, 3.63) is 28.5 Å². The van der Waals surface area contributed by atoms with Gasteiger partial charge >= 0.3 is 0 Å². The number of carbonyl (C=O) groups excluding carboxylic acids is 1. The SMILES string of the molecule is CC1CC1C(=O)Nc1ccc(Br)c(F)c1. The van der Waals surface area contributed by atoms with Gasteiger partial charge in [-0.25, -0.2) is 4.39 Å². The molecule has 2 atom stereocenters. The quantitative estimate of drug-likeness (QED) is 0.880. The fraction of sp³-hybridized carbons (Fsp3) is 0.364. The zero-order valence-electron chi connectivity index (χ0n) is 8.26. The Hall–Kier alpha value is -0.900. The highest BCUT2D eigenvalue weighted by molar-refractivity contribution is 9.10. The van der Waals surface area contributed by atoms with E-state index in [2.05, 4.69) is 21.2 Å². The van der Waals surface area contributed by atoms with E-state index >= 15 is 0 Å². The van der Waals surface area contributed by atoms with Gasteiger partial charge < -0.3 is 5.32 Å². The normalized spacial score (nSPS) is 23.7. The Balaban J connectivity index is 2.04. The molecule has 1 saturated carbocycles. The predicted octanol–water partition coefficient (Wildman–Crippen LogP) is 3.18. The topological polar surface area (TPSA) is 29.1 Å². The highest BCUT2D eigenvalue weighted by Crippen LogP contribution is 2.38. The maximum atomic E-state index is 13.1. The van der Waals surface area contributed by atoms with Gasteiger partial charge in [-0.05, 0) is 46.5 Å². The molecule has 15 heavy (non-hydrogen) atoms. The molecule has 0 bridgehead atoms. The van der Waals surface area contributed by atoms with Crippen LogP contribution < -0.4 is 5.32 Å². The number of halogens is 2. The monoisotopic (exact) mass is 271 g/mol. The van der Waals surface area contributed by atoms with Crippen molar-refractivity contribution in [1.82, 2.24) is 0 Å². The van der Waals surface area contributed by atoms with Crippen molar-refractivity contribution < 1.29 is 9.18 Å². The molecular weight excluding hydrogens is 261 g/mol. The van der Waals surface area contributed by atoms with Crippen LogP contribution in [0.3, 0.4) is 0 Å². The minimum Gasteiger partial charge on any atom is -0.326 e. The lowest BCUT2D eigenvalue weighted by Gasteiger charge is -2.04. The van der Waals surface area contributed by atoms with Crippen molar-refractivity contribution in [1.29, 1.82) is 0 Å². The minimum absolute atomic E-state index is 0.00998. The lowest BCUT2D eigenvalue weighted by molar-refractivity contribution is -0.117. The first-order valence-electron chi connectivity index (χ1n) is 4.84. The fourth-order valence-electron chi connectivity index (χ4n) is 1.50. The second-order valence-corrected chi connectivity index (χ2v) is 4.79. The van der Waals surface area contributed by atoms with Gasteiger partial charge in [-0.3, -0.25) is 4.79 Å². The van der Waals surface area contributed by atoms with Crippen molar-refractivity contribution in [3.8, 4) is 0 Å². The highest BCUT2D eigenvalue weighted by Gasteiger charge is 2.39. The van der Waals surface area contributed by atoms with E-state index in [-0.39, 0.29) is 17.6 Å². The summed E-state index contributed by atoms with van der Waals surface area (Å²) in [4.78, 5) is 11.5. The Bertz CT molecular complexity index is 408. The first kappa shape index (κ1) is 10.6. The molecule has 0 radical (unpaired) electrons. The van der Waals surface area contributed by atoms with Gasteiger partial charge in [0.2, 0.25) is 5.91 Å². The Morgan fingerprint density at radius 1 is 1.60 bits per heavy atom. The average Bonchev–Trinajstić information content (AvgIpc) is 2.89. The molecule has 2 rings (SSSR count). The first-order valence-corrected chi connectivity index (χ1v) is 5.63. The van der Waals surface area contributed by atoms with Crippen molar-refractivity contribution in [2.24, 2.45) is 11.8 Å². The van der Waals surface area contributed by atoms with Gasteiger partial charge in [0.25, 0.3) is 0 Å². The van der Waals surface area contributed by atoms with Gasteiger partial charge in [-0.2, -0.15) is 0 Å². The van der Waals surface area contributed by atoms with Crippen LogP contribution in [0, 0.1) is 17.7 Å². The van der Waals surface area contributed by atoms with Gasteiger partial charge in [-0.15, -0.1) is 0 Å². The van der Waals surface area contributed by atoms with Crippen LogP contribution in [-0.2, 0) is 4.79 Å². The molecule has 0 saturated heterocycles. The minimum atomic E-state index is -0.364. The number of hydrogen-bond donors (Lipinski definition) is 1. The number of carbonyl (C=O) groups is 1. The molecule has 2 nitrogen and oxygen atoms in total. The molecule has 4 heteroatoms. The van der Waals surface area contributed by atoms with Gasteiger partial charge in [-0.1, -0.05) is 6.92 Å². The molecule has 1 fully saturated rings. The van der Waals surface area contributed by atoms with E-state index in [1.54, 1.807) is 12.1 Å². The number of benzene rings is 1. The van der Waals surface area contributed by atoms with Crippen molar-refractivity contribution in [2.75, 3.05) is 5.32 Å². The van der Waals surface area contributed by atoms with E-state index in [1.165, 1.54) is 6.07 Å². The van der Waals surface area contributed by atoms with E-state index in [0.29, 0.717) is 16.1 Å². The van der Waals surface area contributed by atoms with Crippen molar-refractivity contribution >= 4 is 27.5 Å². The second-order valence-electron chi connectivity index (χ2n) is 3.94. The summed E-state index contributed by atoms with van der Waals surface area (Å²) < 4.78 is 13.5. The average molecular weight is 272 g/mol. The van der Waals surface area contributed by atoms with Gasteiger partial charge in [0, 0.05) is 11.6 Å². The summed E-state index contributed by atoms with van der Waals surface area (Å²) in [6.07, 6.45) is 0.935. The van der Waals surface area contributed by atoms with E-state index in [4.69, 9.17) is 0 Å². The maximum absolute atomic E-state index is 13.1. The lowest BCUT2D eigenvalue weighted by atomic mass is 10.2. The number of nitrogens with one attached hydrogen (secondary N) is 1. The molecule has 0 aromatic heterocycles. The Kier molecular flexibility index (Phi) is 2.78. The summed E-state index contributed by atoms with van der Waals surface area (Å²) in [6.45, 7) is 2.03. The van der Waals surface area contributed by atoms with Gasteiger partial charge in [0.05, 0.1) is 4.47 Å². The number of anilines is 1. The molecule has 1 aliphatic rings. The van der Waals surface area contributed by atoms with Crippen LogP contribution >= 0.6 is 15.9 Å². The molecular formula is C11H11BrFNO. The second kappa shape index (κ2) is 3.93. The van der Waals surface area contributed by atoms with Gasteiger partial charge in [0.15, 0.2) is 0 Å². The van der Waals surface area contributed by atoms with Crippen LogP contribution in [-0.4, -0.2) is 5.91 Å². The molecule has 1 aliphatic carbocycles. The number of hydrogen-bond acceptors (Lipinski definition) is 1. The summed E-state index contributed by atoms with van der Waals surface area (Å²) in [5.41, 5.74) is 0.514. The molecule has 1 N–H and O–H groups in total. The summed E-state index contributed by atoms with van der Waals surface area (Å²) in [6, 6.07) is 4.58. The molecule has 0 spiro atoms. The maximum Gasteiger partial charge on any atom is 0.227 e. The van der Waals surface area contributed by atoms with E-state index in [0.717, 1.165) is 6.42 Å².